The van der Waals surface area contributed by atoms with Gasteiger partial charge in [-0.05, 0) is 55.7 Å². The highest BCUT2D eigenvalue weighted by molar-refractivity contribution is 6.32. The Labute approximate surface area is 237 Å². The van der Waals surface area contributed by atoms with Crippen LogP contribution in [0.5, 0.6) is 0 Å². The number of pyridine rings is 2. The number of nitrogens with zero attached hydrogens (tertiary/aromatic N) is 6. The fourth-order valence-electron chi connectivity index (χ4n) is 4.93. The molecule has 0 fully saturated rings. The van der Waals surface area contributed by atoms with Crippen molar-refractivity contribution in [2.45, 2.75) is 25.8 Å². The maximum atomic E-state index is 13.5. The lowest BCUT2D eigenvalue weighted by molar-refractivity contribution is 0.187. The van der Waals surface area contributed by atoms with Gasteiger partial charge >= 0.3 is 6.09 Å². The second-order valence-electron chi connectivity index (χ2n) is 9.34. The molecule has 5 heterocycles. The Kier molecular flexibility index (Phi) is 6.60. The number of methoxy groups -OCH3 is 1. The van der Waals surface area contributed by atoms with Gasteiger partial charge in [-0.15, -0.1) is 5.10 Å². The number of hydrogen-bond acceptors (Lipinski definition) is 7. The number of fused-ring (bicyclic) bond motifs is 1. The van der Waals surface area contributed by atoms with Gasteiger partial charge in [0.05, 0.1) is 25.0 Å². The summed E-state index contributed by atoms with van der Waals surface area (Å²) in [5.41, 5.74) is 5.36. The van der Waals surface area contributed by atoms with Crippen LogP contribution in [0.4, 0.5) is 10.6 Å². The van der Waals surface area contributed by atoms with Crippen LogP contribution in [0.15, 0.2) is 59.7 Å². The van der Waals surface area contributed by atoms with Crippen molar-refractivity contribution in [2.75, 3.05) is 12.4 Å². The zero-order valence-corrected chi connectivity index (χ0v) is 22.9. The maximum Gasteiger partial charge on any atom is 0.412 e. The summed E-state index contributed by atoms with van der Waals surface area (Å²) in [5.74, 6) is 0.914. The first kappa shape index (κ1) is 25.8. The molecule has 40 heavy (non-hydrogen) atoms. The quantitative estimate of drug-likeness (QED) is 0.293. The molecule has 1 aliphatic rings. The van der Waals surface area contributed by atoms with E-state index >= 15 is 0 Å². The largest absolute Gasteiger partial charge is 0.453 e. The zero-order valence-electron chi connectivity index (χ0n) is 21.4. The van der Waals surface area contributed by atoms with E-state index in [0.717, 1.165) is 28.1 Å². The molecule has 13 heteroatoms. The lowest BCUT2D eigenvalue weighted by Crippen LogP contribution is -2.24. The van der Waals surface area contributed by atoms with Crippen molar-refractivity contribution < 1.29 is 9.53 Å². The van der Waals surface area contributed by atoms with Gasteiger partial charge in [0, 0.05) is 29.1 Å². The summed E-state index contributed by atoms with van der Waals surface area (Å²) in [6.07, 6.45) is 3.94. The molecule has 2 N–H and O–H groups in total. The summed E-state index contributed by atoms with van der Waals surface area (Å²) >= 11 is 12.5. The first-order chi connectivity index (χ1) is 19.3. The highest BCUT2D eigenvalue weighted by atomic mass is 35.5. The molecule has 0 saturated carbocycles. The van der Waals surface area contributed by atoms with Crippen molar-refractivity contribution in [3.8, 4) is 28.1 Å². The molecule has 1 aliphatic heterocycles. The van der Waals surface area contributed by atoms with Crippen LogP contribution in [-0.2, 0) is 11.2 Å². The smallest absolute Gasteiger partial charge is 0.412 e. The number of rotatable bonds is 5. The molecule has 0 spiro atoms. The molecule has 0 radical (unpaired) electrons. The Morgan fingerprint density at radius 3 is 2.73 bits per heavy atom. The fraction of sp³-hybridized carbons (Fsp3) is 0.185. The molecule has 1 amide bonds. The van der Waals surface area contributed by atoms with Crippen LogP contribution in [0, 0.1) is 6.92 Å². The van der Waals surface area contributed by atoms with Gasteiger partial charge in [0.2, 0.25) is 0 Å². The molecule has 0 unspecified atom stereocenters. The second-order valence-corrected chi connectivity index (χ2v) is 10.1. The van der Waals surface area contributed by atoms with Crippen molar-refractivity contribution in [1.82, 2.24) is 34.5 Å². The van der Waals surface area contributed by atoms with Crippen molar-refractivity contribution in [1.29, 1.82) is 0 Å². The number of imidazole rings is 1. The van der Waals surface area contributed by atoms with Crippen LogP contribution in [0.25, 0.3) is 28.1 Å². The molecule has 6 rings (SSSR count). The number of halogens is 2. The zero-order chi connectivity index (χ0) is 28.0. The molecule has 1 aromatic carbocycles. The molecular weight excluding hydrogens is 555 g/mol. The number of H-pyrrole nitrogens is 1. The van der Waals surface area contributed by atoms with Gasteiger partial charge < -0.3 is 14.3 Å². The molecule has 11 nitrogen and oxygen atoms in total. The summed E-state index contributed by atoms with van der Waals surface area (Å²) < 4.78 is 7.94. The predicted octanol–water partition coefficient (Wildman–Crippen LogP) is 5.21. The van der Waals surface area contributed by atoms with Crippen LogP contribution in [0.2, 0.25) is 10.3 Å². The molecule has 4 aromatic heterocycles. The number of hydrogen-bond donors (Lipinski definition) is 2. The Morgan fingerprint density at radius 2 is 2.00 bits per heavy atom. The Balaban J connectivity index is 1.33. The number of aromatic nitrogens is 7. The number of aromatic amines is 1. The van der Waals surface area contributed by atoms with Gasteiger partial charge in [0.1, 0.15) is 22.5 Å². The van der Waals surface area contributed by atoms with E-state index in [4.69, 9.17) is 28.2 Å². The number of carbonyl (C=O) groups is 1. The van der Waals surface area contributed by atoms with E-state index in [1.165, 1.54) is 7.11 Å². The Hall–Kier alpha value is -4.48. The SMILES string of the molecule is COC(=O)Nc1ccc(-c2nc([C@@H]3CCc4cc(-c5cc(C)ccc5-n5cc(Cl)nn5)cc(=O)n43)[nH]c2Cl)cn1. The van der Waals surface area contributed by atoms with Crippen LogP contribution in [0.3, 0.4) is 0 Å². The third kappa shape index (κ3) is 4.74. The monoisotopic (exact) mass is 576 g/mol. The van der Waals surface area contributed by atoms with Crippen LogP contribution in [-0.4, -0.2) is 47.7 Å². The van der Waals surface area contributed by atoms with E-state index in [9.17, 15) is 9.59 Å². The molecule has 202 valence electrons. The predicted molar refractivity (Wildman–Crippen MR) is 150 cm³/mol. The third-order valence-corrected chi connectivity index (χ3v) is 7.20. The van der Waals surface area contributed by atoms with Gasteiger partial charge in [-0.3, -0.25) is 10.1 Å². The van der Waals surface area contributed by atoms with Crippen molar-refractivity contribution in [3.05, 3.63) is 92.6 Å². The molecule has 0 aliphatic carbocycles. The molecular formula is C27H22Cl2N8O3. The van der Waals surface area contributed by atoms with Gasteiger partial charge in [0.25, 0.3) is 5.56 Å². The normalized spacial score (nSPS) is 14.2. The fourth-order valence-corrected chi connectivity index (χ4v) is 5.31. The van der Waals surface area contributed by atoms with E-state index in [0.29, 0.717) is 40.9 Å². The number of anilines is 1. The van der Waals surface area contributed by atoms with E-state index in [2.05, 4.69) is 30.3 Å². The van der Waals surface area contributed by atoms with Gasteiger partial charge in [-0.2, -0.15) is 0 Å². The molecule has 5 aromatic rings. The summed E-state index contributed by atoms with van der Waals surface area (Å²) in [7, 11) is 1.28. The average molecular weight is 577 g/mol. The molecule has 0 saturated heterocycles. The van der Waals surface area contributed by atoms with E-state index in [-0.39, 0.29) is 16.8 Å². The first-order valence-electron chi connectivity index (χ1n) is 12.3. The van der Waals surface area contributed by atoms with E-state index < -0.39 is 6.09 Å². The first-order valence-corrected chi connectivity index (χ1v) is 13.1. The van der Waals surface area contributed by atoms with Crippen LogP contribution in [0.1, 0.15) is 29.5 Å². The number of benzene rings is 1. The third-order valence-electron chi connectivity index (χ3n) is 6.75. The topological polar surface area (TPSA) is 133 Å². The van der Waals surface area contributed by atoms with E-state index in [1.54, 1.807) is 39.8 Å². The number of amides is 1. The summed E-state index contributed by atoms with van der Waals surface area (Å²) in [5, 5.41) is 11.1. The number of nitrogens with one attached hydrogen (secondary N) is 2. The lowest BCUT2D eigenvalue weighted by Gasteiger charge is -2.15. The van der Waals surface area contributed by atoms with Crippen molar-refractivity contribution in [3.63, 3.8) is 0 Å². The summed E-state index contributed by atoms with van der Waals surface area (Å²) in [6.45, 7) is 1.99. The number of ether oxygens (including phenoxy) is 1. The van der Waals surface area contributed by atoms with Gasteiger partial charge in [-0.25, -0.2) is 19.4 Å². The van der Waals surface area contributed by atoms with Gasteiger partial charge in [0.15, 0.2) is 5.15 Å². The summed E-state index contributed by atoms with van der Waals surface area (Å²) in [4.78, 5) is 37.0. The minimum absolute atomic E-state index is 0.145. The molecule has 0 bridgehead atoms. The van der Waals surface area contributed by atoms with E-state index in [1.807, 2.05) is 31.2 Å². The van der Waals surface area contributed by atoms with Crippen LogP contribution < -0.4 is 10.9 Å². The van der Waals surface area contributed by atoms with Crippen molar-refractivity contribution >= 4 is 35.1 Å². The Bertz CT molecular complexity index is 1810. The number of carbonyl (C=O) groups excluding carboxylic acids is 1. The molecule has 1 atom stereocenters. The minimum atomic E-state index is -0.616. The standard InChI is InChI=1S/C27H22Cl2N8O3/c1-14-3-6-19(36-13-21(28)34-35-36)18(9-14)16-10-17-5-7-20(37(17)23(38)11-16)26-32-24(25(29)33-26)15-4-8-22(30-12-15)31-27(39)40-2/h3-4,6,8-13,20H,5,7H2,1-2H3,(H,32,33)(H,30,31,39)/t20-/m0/s1. The minimum Gasteiger partial charge on any atom is -0.453 e. The Morgan fingerprint density at radius 1 is 1.15 bits per heavy atom. The van der Waals surface area contributed by atoms with Crippen molar-refractivity contribution in [2.24, 2.45) is 0 Å². The maximum absolute atomic E-state index is 13.5. The van der Waals surface area contributed by atoms with Gasteiger partial charge in [-0.1, -0.05) is 40.0 Å². The highest BCUT2D eigenvalue weighted by Gasteiger charge is 2.29. The van der Waals surface area contributed by atoms with Crippen LogP contribution >= 0.6 is 23.2 Å². The lowest BCUT2D eigenvalue weighted by atomic mass is 10.0. The highest BCUT2D eigenvalue weighted by Crippen LogP contribution is 2.35. The second kappa shape index (κ2) is 10.2. The summed E-state index contributed by atoms with van der Waals surface area (Å²) in [6, 6.07) is 12.6. The number of aryl methyl sites for hydroxylation is 2. The average Bonchev–Trinajstić information content (AvgIpc) is 3.67.